The number of carbonyl (C=O) groups excluding carboxylic acids is 3. The summed E-state index contributed by atoms with van der Waals surface area (Å²) in [5.41, 5.74) is 2.67. The molecule has 2 aromatic rings. The normalized spacial score (nSPS) is 14.1. The molecule has 0 aliphatic carbocycles. The van der Waals surface area contributed by atoms with Gasteiger partial charge in [-0.1, -0.05) is 60.7 Å². The lowest BCUT2D eigenvalue weighted by Crippen LogP contribution is -2.47. The van der Waals surface area contributed by atoms with E-state index in [1.54, 1.807) is 11.9 Å². The van der Waals surface area contributed by atoms with Crippen LogP contribution in [0.2, 0.25) is 0 Å². The predicted octanol–water partition coefficient (Wildman–Crippen LogP) is 3.84. The highest BCUT2D eigenvalue weighted by molar-refractivity contribution is 5.81. The van der Waals surface area contributed by atoms with Crippen molar-refractivity contribution in [3.63, 3.8) is 0 Å². The van der Waals surface area contributed by atoms with Crippen LogP contribution in [0.25, 0.3) is 0 Å². The number of carbonyl (C=O) groups is 3. The molecule has 0 aromatic heterocycles. The van der Waals surface area contributed by atoms with E-state index in [-0.39, 0.29) is 30.3 Å². The Morgan fingerprint density at radius 2 is 1.46 bits per heavy atom. The average molecular weight is 478 g/mol. The Hall–Kier alpha value is -3.15. The molecule has 1 fully saturated rings. The first kappa shape index (κ1) is 26.5. The van der Waals surface area contributed by atoms with Crippen LogP contribution in [0.1, 0.15) is 49.7 Å². The van der Waals surface area contributed by atoms with E-state index < -0.39 is 0 Å². The third kappa shape index (κ3) is 9.19. The summed E-state index contributed by atoms with van der Waals surface area (Å²) in [5.74, 6) is -0.00159. The van der Waals surface area contributed by atoms with Crippen LogP contribution in [0.4, 0.5) is 0 Å². The second-order valence-electron chi connectivity index (χ2n) is 9.64. The highest BCUT2D eigenvalue weighted by Crippen LogP contribution is 2.19. The van der Waals surface area contributed by atoms with Gasteiger partial charge >= 0.3 is 0 Å². The number of piperidine rings is 1. The number of nitrogens with one attached hydrogen (secondary N) is 1. The minimum absolute atomic E-state index is 0.0573. The molecule has 188 valence electrons. The number of rotatable bonds is 13. The van der Waals surface area contributed by atoms with Crippen LogP contribution in [-0.4, -0.2) is 60.7 Å². The van der Waals surface area contributed by atoms with Gasteiger partial charge in [0.05, 0.1) is 6.54 Å². The minimum Gasteiger partial charge on any atom is -0.353 e. The van der Waals surface area contributed by atoms with Crippen LogP contribution < -0.4 is 5.32 Å². The number of nitrogens with zero attached hydrogens (tertiary/aromatic N) is 2. The van der Waals surface area contributed by atoms with Gasteiger partial charge in [0.15, 0.2) is 0 Å². The third-order valence-corrected chi connectivity index (χ3v) is 6.85. The minimum atomic E-state index is -0.0615. The SMILES string of the molecule is CN(C=O)CC(=O)N1CCC(C(=O)NC(CCCc2ccccc2)CCCc2ccccc2)CC1. The van der Waals surface area contributed by atoms with Crippen LogP contribution in [0.5, 0.6) is 0 Å². The van der Waals surface area contributed by atoms with Gasteiger partial charge in [-0.05, 0) is 62.5 Å². The average Bonchev–Trinajstić information content (AvgIpc) is 2.89. The second kappa shape index (κ2) is 14.3. The van der Waals surface area contributed by atoms with Crippen molar-refractivity contribution in [2.24, 2.45) is 5.92 Å². The third-order valence-electron chi connectivity index (χ3n) is 6.85. The van der Waals surface area contributed by atoms with Crippen molar-refractivity contribution >= 4 is 18.2 Å². The number of hydrogen-bond donors (Lipinski definition) is 1. The second-order valence-corrected chi connectivity index (χ2v) is 9.64. The molecule has 0 saturated carbocycles. The maximum absolute atomic E-state index is 13.1. The summed E-state index contributed by atoms with van der Waals surface area (Å²) in [6.45, 7) is 1.22. The molecule has 3 rings (SSSR count). The van der Waals surface area contributed by atoms with Crippen LogP contribution in [-0.2, 0) is 27.2 Å². The molecule has 0 radical (unpaired) electrons. The van der Waals surface area contributed by atoms with Crippen molar-refractivity contribution in [1.29, 1.82) is 0 Å². The lowest BCUT2D eigenvalue weighted by atomic mass is 9.94. The Bertz CT molecular complexity index is 866. The quantitative estimate of drug-likeness (QED) is 0.446. The van der Waals surface area contributed by atoms with Crippen LogP contribution in [0, 0.1) is 5.92 Å². The Labute approximate surface area is 209 Å². The van der Waals surface area contributed by atoms with Gasteiger partial charge < -0.3 is 15.1 Å². The topological polar surface area (TPSA) is 69.7 Å². The van der Waals surface area contributed by atoms with Gasteiger partial charge in [-0.25, -0.2) is 0 Å². The van der Waals surface area contributed by atoms with E-state index >= 15 is 0 Å². The largest absolute Gasteiger partial charge is 0.353 e. The first-order valence-corrected chi connectivity index (χ1v) is 12.9. The maximum Gasteiger partial charge on any atom is 0.242 e. The van der Waals surface area contributed by atoms with Gasteiger partial charge in [-0.2, -0.15) is 0 Å². The van der Waals surface area contributed by atoms with Gasteiger partial charge in [-0.3, -0.25) is 14.4 Å². The van der Waals surface area contributed by atoms with Crippen molar-refractivity contribution in [2.45, 2.75) is 57.4 Å². The highest BCUT2D eigenvalue weighted by atomic mass is 16.2. The Kier molecular flexibility index (Phi) is 10.8. The van der Waals surface area contributed by atoms with E-state index in [1.165, 1.54) is 16.0 Å². The van der Waals surface area contributed by atoms with Crippen molar-refractivity contribution in [3.05, 3.63) is 71.8 Å². The zero-order valence-corrected chi connectivity index (χ0v) is 20.9. The molecule has 35 heavy (non-hydrogen) atoms. The first-order chi connectivity index (χ1) is 17.0. The highest BCUT2D eigenvalue weighted by Gasteiger charge is 2.28. The number of likely N-dealkylation sites (N-methyl/N-ethyl adjacent to an activating group) is 1. The fourth-order valence-corrected chi connectivity index (χ4v) is 4.74. The van der Waals surface area contributed by atoms with E-state index in [0.29, 0.717) is 32.3 Å². The first-order valence-electron chi connectivity index (χ1n) is 12.9. The van der Waals surface area contributed by atoms with Crippen LogP contribution >= 0.6 is 0 Å². The van der Waals surface area contributed by atoms with Crippen LogP contribution in [0.15, 0.2) is 60.7 Å². The van der Waals surface area contributed by atoms with E-state index in [9.17, 15) is 14.4 Å². The molecule has 2 aromatic carbocycles. The monoisotopic (exact) mass is 477 g/mol. The number of likely N-dealkylation sites (tertiary alicyclic amines) is 1. The summed E-state index contributed by atoms with van der Waals surface area (Å²) in [6.07, 6.45) is 8.04. The van der Waals surface area contributed by atoms with E-state index in [0.717, 1.165) is 38.5 Å². The predicted molar refractivity (Wildman–Crippen MR) is 139 cm³/mol. The van der Waals surface area contributed by atoms with Crippen molar-refractivity contribution in [1.82, 2.24) is 15.1 Å². The zero-order valence-electron chi connectivity index (χ0n) is 20.9. The van der Waals surface area contributed by atoms with Gasteiger partial charge in [0.2, 0.25) is 18.2 Å². The summed E-state index contributed by atoms with van der Waals surface area (Å²) in [7, 11) is 1.60. The molecule has 3 amide bonds. The van der Waals surface area contributed by atoms with Crippen molar-refractivity contribution in [2.75, 3.05) is 26.7 Å². The fourth-order valence-electron chi connectivity index (χ4n) is 4.74. The molecule has 0 spiro atoms. The molecule has 6 heteroatoms. The summed E-state index contributed by atoms with van der Waals surface area (Å²) < 4.78 is 0. The Morgan fingerprint density at radius 3 is 1.94 bits per heavy atom. The summed E-state index contributed by atoms with van der Waals surface area (Å²) >= 11 is 0. The lowest BCUT2D eigenvalue weighted by Gasteiger charge is -2.33. The number of amides is 3. The summed E-state index contributed by atoms with van der Waals surface area (Å²) in [5, 5.41) is 3.35. The molecule has 1 heterocycles. The smallest absolute Gasteiger partial charge is 0.242 e. The van der Waals surface area contributed by atoms with E-state index in [1.807, 2.05) is 12.1 Å². The van der Waals surface area contributed by atoms with Gasteiger partial charge in [0.1, 0.15) is 0 Å². The molecular weight excluding hydrogens is 438 g/mol. The van der Waals surface area contributed by atoms with Gasteiger partial charge in [0.25, 0.3) is 0 Å². The van der Waals surface area contributed by atoms with E-state index in [2.05, 4.69) is 53.8 Å². The molecular formula is C29H39N3O3. The molecule has 0 unspecified atom stereocenters. The summed E-state index contributed by atoms with van der Waals surface area (Å²) in [6, 6.07) is 21.2. The zero-order chi connectivity index (χ0) is 24.9. The number of aryl methyl sites for hydroxylation is 2. The molecule has 1 aliphatic rings. The summed E-state index contributed by atoms with van der Waals surface area (Å²) in [4.78, 5) is 39.3. The van der Waals surface area contributed by atoms with E-state index in [4.69, 9.17) is 0 Å². The lowest BCUT2D eigenvalue weighted by molar-refractivity contribution is -0.138. The molecule has 0 atom stereocenters. The van der Waals surface area contributed by atoms with Gasteiger partial charge in [-0.15, -0.1) is 0 Å². The fraction of sp³-hybridized carbons (Fsp3) is 0.483. The number of benzene rings is 2. The van der Waals surface area contributed by atoms with Crippen molar-refractivity contribution in [3.8, 4) is 0 Å². The molecule has 1 aliphatic heterocycles. The molecule has 1 N–H and O–H groups in total. The van der Waals surface area contributed by atoms with Crippen molar-refractivity contribution < 1.29 is 14.4 Å². The number of hydrogen-bond acceptors (Lipinski definition) is 3. The maximum atomic E-state index is 13.1. The molecule has 0 bridgehead atoms. The van der Waals surface area contributed by atoms with Crippen LogP contribution in [0.3, 0.4) is 0 Å². The Morgan fingerprint density at radius 1 is 0.943 bits per heavy atom. The Balaban J connectivity index is 1.48. The molecule has 6 nitrogen and oxygen atoms in total. The molecule has 1 saturated heterocycles. The van der Waals surface area contributed by atoms with Gasteiger partial charge in [0, 0.05) is 32.1 Å². The standard InChI is InChI=1S/C29H39N3O3/c1-31(23-33)22-28(34)32-20-18-26(19-21-32)29(35)30-27(16-8-14-24-10-4-2-5-11-24)17-9-15-25-12-6-3-7-13-25/h2-7,10-13,23,26-27H,8-9,14-22H2,1H3,(H,30,35).